The van der Waals surface area contributed by atoms with Crippen molar-refractivity contribution in [1.29, 1.82) is 0 Å². The third-order valence-electron chi connectivity index (χ3n) is 2.48. The Balaban J connectivity index is -0.000000132. The summed E-state index contributed by atoms with van der Waals surface area (Å²) >= 11 is 0. The van der Waals surface area contributed by atoms with E-state index in [0.29, 0.717) is 0 Å². The van der Waals surface area contributed by atoms with E-state index in [9.17, 15) is 14.4 Å². The Hall–Kier alpha value is -2.23. The zero-order chi connectivity index (χ0) is 23.2. The number of rotatable bonds is 4. The van der Waals surface area contributed by atoms with Crippen molar-refractivity contribution in [2.45, 2.75) is 54.8 Å². The number of aliphatic hydroxyl groups excluding tert-OH is 2. The van der Waals surface area contributed by atoms with Crippen molar-refractivity contribution in [3.05, 3.63) is 24.3 Å². The van der Waals surface area contributed by atoms with Gasteiger partial charge in [-0.3, -0.25) is 4.79 Å². The molecule has 9 nitrogen and oxygen atoms in total. The molecule has 0 bridgehead atoms. The van der Waals surface area contributed by atoms with Gasteiger partial charge in [-0.2, -0.15) is 0 Å². The van der Waals surface area contributed by atoms with E-state index in [2.05, 4.69) is 13.2 Å². The van der Waals surface area contributed by atoms with E-state index in [0.717, 1.165) is 0 Å². The maximum Gasteiger partial charge on any atom is 0.330 e. The number of carboxylic acids is 3. The first-order chi connectivity index (χ1) is 11.7. The number of hydrogen-bond donors (Lipinski definition) is 6. The van der Waals surface area contributed by atoms with E-state index in [4.69, 9.17) is 30.6 Å². The minimum absolute atomic E-state index is 0.176. The highest BCUT2D eigenvalue weighted by molar-refractivity contribution is 5.85. The van der Waals surface area contributed by atoms with Crippen molar-refractivity contribution < 1.29 is 45.0 Å². The van der Waals surface area contributed by atoms with Gasteiger partial charge >= 0.3 is 17.9 Å². The highest BCUT2D eigenvalue weighted by Crippen LogP contribution is 2.16. The lowest BCUT2D eigenvalue weighted by atomic mass is 9.94. The van der Waals surface area contributed by atoms with Crippen LogP contribution in [0.25, 0.3) is 0 Å². The maximum absolute atomic E-state index is 10.0. The molecule has 0 fully saturated rings. The van der Waals surface area contributed by atoms with Gasteiger partial charge in [0, 0.05) is 16.6 Å². The molecule has 0 aromatic heterocycles. The molecule has 0 heterocycles. The second kappa shape index (κ2) is 14.9. The Bertz CT molecular complexity index is 449. The van der Waals surface area contributed by atoms with Crippen LogP contribution in [0.15, 0.2) is 24.3 Å². The van der Waals surface area contributed by atoms with E-state index in [1.165, 1.54) is 13.8 Å². The predicted molar refractivity (Wildman–Crippen MR) is 101 cm³/mol. The standard InChI is InChI=1S/C5H12O3.C5H10O2.2C4H6O2/c1-5(2,3-6)4(7)8;1-5(2,3)4(6)7;2*1-3(2)4(5)6/h4,6-8H,3H2,1-2H3;1-3H3,(H,6,7);2*1H2,2H3,(H,5,6). The van der Waals surface area contributed by atoms with Gasteiger partial charge in [0.25, 0.3) is 0 Å². The molecule has 0 aromatic rings. The van der Waals surface area contributed by atoms with Gasteiger partial charge in [-0.1, -0.05) is 27.0 Å². The van der Waals surface area contributed by atoms with Crippen LogP contribution in [-0.2, 0) is 14.4 Å². The van der Waals surface area contributed by atoms with Crippen LogP contribution in [0, 0.1) is 10.8 Å². The summed E-state index contributed by atoms with van der Waals surface area (Å²) in [6.07, 6.45) is -1.44. The summed E-state index contributed by atoms with van der Waals surface area (Å²) in [5.74, 6) is -2.63. The van der Waals surface area contributed by atoms with Crippen LogP contribution in [-0.4, -0.2) is 61.4 Å². The summed E-state index contributed by atoms with van der Waals surface area (Å²) in [4.78, 5) is 29.2. The molecule has 0 atom stereocenters. The Morgan fingerprint density at radius 2 is 1.00 bits per heavy atom. The van der Waals surface area contributed by atoms with Crippen molar-refractivity contribution >= 4 is 17.9 Å². The molecule has 0 spiro atoms. The highest BCUT2D eigenvalue weighted by Gasteiger charge is 2.24. The lowest BCUT2D eigenvalue weighted by Crippen LogP contribution is -2.32. The monoisotopic (exact) mass is 394 g/mol. The van der Waals surface area contributed by atoms with Crippen molar-refractivity contribution in [2.24, 2.45) is 10.8 Å². The molecule has 0 rings (SSSR count). The quantitative estimate of drug-likeness (QED) is 0.306. The van der Waals surface area contributed by atoms with Crippen LogP contribution in [0.3, 0.4) is 0 Å². The lowest BCUT2D eigenvalue weighted by molar-refractivity contribution is -0.146. The van der Waals surface area contributed by atoms with Gasteiger partial charge in [-0.25, -0.2) is 9.59 Å². The van der Waals surface area contributed by atoms with Crippen molar-refractivity contribution in [3.63, 3.8) is 0 Å². The first-order valence-electron chi connectivity index (χ1n) is 7.72. The molecule has 0 aromatic carbocycles. The summed E-state index contributed by atoms with van der Waals surface area (Å²) in [6, 6.07) is 0. The van der Waals surface area contributed by atoms with Gasteiger partial charge in [0.1, 0.15) is 0 Å². The Morgan fingerprint density at radius 3 is 1.00 bits per heavy atom. The SMILES string of the molecule is C=C(C)C(=O)O.C=C(C)C(=O)O.CC(C)(C)C(=O)O.CC(C)(CO)C(O)O. The molecule has 0 amide bonds. The zero-order valence-electron chi connectivity index (χ0n) is 17.1. The van der Waals surface area contributed by atoms with E-state index >= 15 is 0 Å². The van der Waals surface area contributed by atoms with Crippen molar-refractivity contribution in [1.82, 2.24) is 0 Å². The molecule has 0 unspecified atom stereocenters. The average molecular weight is 394 g/mol. The normalized spacial score (nSPS) is 10.0. The maximum atomic E-state index is 10.0. The smallest absolute Gasteiger partial charge is 0.330 e. The fourth-order valence-electron chi connectivity index (χ4n) is 0.0816. The molecule has 0 aliphatic carbocycles. The van der Waals surface area contributed by atoms with E-state index in [-0.39, 0.29) is 17.8 Å². The number of carboxylic acid groups (broad SMARTS) is 3. The van der Waals surface area contributed by atoms with Crippen LogP contribution in [0.5, 0.6) is 0 Å². The predicted octanol–water partition coefficient (Wildman–Crippen LogP) is 1.73. The van der Waals surface area contributed by atoms with Crippen molar-refractivity contribution in [3.8, 4) is 0 Å². The van der Waals surface area contributed by atoms with Gasteiger partial charge in [-0.05, 0) is 34.6 Å². The van der Waals surface area contributed by atoms with E-state index in [1.807, 2.05) is 0 Å². The largest absolute Gasteiger partial charge is 0.481 e. The van der Waals surface area contributed by atoms with Gasteiger partial charge in [-0.15, -0.1) is 0 Å². The molecule has 9 heteroatoms. The summed E-state index contributed by atoms with van der Waals surface area (Å²) in [5.41, 5.74) is -1.02. The van der Waals surface area contributed by atoms with Gasteiger partial charge < -0.3 is 30.6 Å². The third-order valence-corrected chi connectivity index (χ3v) is 2.48. The first-order valence-corrected chi connectivity index (χ1v) is 7.72. The molecule has 0 aliphatic heterocycles. The molecule has 0 aliphatic rings. The Labute approximate surface area is 160 Å². The molecule has 6 N–H and O–H groups in total. The van der Waals surface area contributed by atoms with Crippen LogP contribution >= 0.6 is 0 Å². The third kappa shape index (κ3) is 26.1. The molecule has 160 valence electrons. The fraction of sp³-hybridized carbons (Fsp3) is 0.611. The van der Waals surface area contributed by atoms with Crippen LogP contribution in [0.1, 0.15) is 48.5 Å². The molecular weight excluding hydrogens is 360 g/mol. The molecule has 0 saturated heterocycles. The van der Waals surface area contributed by atoms with Gasteiger partial charge in [0.05, 0.1) is 12.0 Å². The van der Waals surface area contributed by atoms with Crippen LogP contribution in [0.2, 0.25) is 0 Å². The Morgan fingerprint density at radius 1 is 0.815 bits per heavy atom. The van der Waals surface area contributed by atoms with E-state index in [1.54, 1.807) is 34.6 Å². The van der Waals surface area contributed by atoms with Crippen molar-refractivity contribution in [2.75, 3.05) is 6.61 Å². The second-order valence-corrected chi connectivity index (χ2v) is 7.25. The summed E-state index contributed by atoms with van der Waals surface area (Å²) in [7, 11) is 0. The molecular formula is C18H34O9. The molecule has 0 saturated carbocycles. The number of aliphatic hydroxyl groups is 3. The topological polar surface area (TPSA) is 173 Å². The van der Waals surface area contributed by atoms with Crippen LogP contribution in [0.4, 0.5) is 0 Å². The number of aliphatic carboxylic acids is 3. The fourth-order valence-corrected chi connectivity index (χ4v) is 0.0816. The highest BCUT2D eigenvalue weighted by atomic mass is 16.5. The molecule has 0 radical (unpaired) electrons. The minimum atomic E-state index is -1.44. The van der Waals surface area contributed by atoms with E-state index < -0.39 is 35.0 Å². The zero-order valence-corrected chi connectivity index (χ0v) is 17.1. The van der Waals surface area contributed by atoms with Crippen LogP contribution < -0.4 is 0 Å². The van der Waals surface area contributed by atoms with Gasteiger partial charge in [0.2, 0.25) is 0 Å². The number of carbonyl (C=O) groups is 3. The summed E-state index contributed by atoms with van der Waals surface area (Å²) in [6.45, 7) is 17.1. The average Bonchev–Trinajstić information content (AvgIpc) is 2.47. The second-order valence-electron chi connectivity index (χ2n) is 7.25. The minimum Gasteiger partial charge on any atom is -0.481 e. The lowest BCUT2D eigenvalue weighted by Gasteiger charge is -2.22. The Kier molecular flexibility index (Phi) is 17.9. The summed E-state index contributed by atoms with van der Waals surface area (Å²) in [5, 5.41) is 49.4. The molecule has 27 heavy (non-hydrogen) atoms. The summed E-state index contributed by atoms with van der Waals surface area (Å²) < 4.78 is 0. The number of hydrogen-bond acceptors (Lipinski definition) is 6. The first kappa shape index (κ1) is 32.4. The van der Waals surface area contributed by atoms with Gasteiger partial charge in [0.15, 0.2) is 6.29 Å².